The van der Waals surface area contributed by atoms with Gasteiger partial charge in [-0.1, -0.05) is 12.1 Å². The van der Waals surface area contributed by atoms with Gasteiger partial charge in [-0.2, -0.15) is 0 Å². The van der Waals surface area contributed by atoms with Crippen molar-refractivity contribution in [2.45, 2.75) is 17.7 Å². The molecule has 8 heteroatoms. The number of carbonyl (C=O) groups excluding carboxylic acids is 1. The first-order valence-electron chi connectivity index (χ1n) is 8.91. The highest BCUT2D eigenvalue weighted by molar-refractivity contribution is 7.93. The SMILES string of the molecule is O=C1COc2ccc(S(=O)(=O)N3CCOc4ccccc43)c3c2N1CCC3. The van der Waals surface area contributed by atoms with Gasteiger partial charge in [0.25, 0.3) is 15.9 Å². The van der Waals surface area contributed by atoms with Crippen molar-refractivity contribution in [3.05, 3.63) is 42.0 Å². The first-order valence-corrected chi connectivity index (χ1v) is 10.3. The zero-order valence-corrected chi connectivity index (χ0v) is 15.4. The Balaban J connectivity index is 1.67. The molecule has 0 bridgehead atoms. The van der Waals surface area contributed by atoms with Crippen LogP contribution in [0.1, 0.15) is 12.0 Å². The van der Waals surface area contributed by atoms with Gasteiger partial charge >= 0.3 is 0 Å². The first-order chi connectivity index (χ1) is 13.1. The summed E-state index contributed by atoms with van der Waals surface area (Å²) in [7, 11) is -3.80. The molecule has 3 aliphatic rings. The molecule has 5 rings (SSSR count). The highest BCUT2D eigenvalue weighted by Gasteiger charge is 2.37. The highest BCUT2D eigenvalue weighted by atomic mass is 32.2. The Kier molecular flexibility index (Phi) is 3.58. The quantitative estimate of drug-likeness (QED) is 0.789. The molecular formula is C19H18N2O5S. The zero-order chi connectivity index (χ0) is 18.6. The van der Waals surface area contributed by atoms with Crippen LogP contribution in [0.15, 0.2) is 41.3 Å². The summed E-state index contributed by atoms with van der Waals surface area (Å²) in [5, 5.41) is 0. The van der Waals surface area contributed by atoms with Crippen LogP contribution < -0.4 is 18.7 Å². The second-order valence-electron chi connectivity index (χ2n) is 6.72. The van der Waals surface area contributed by atoms with Crippen LogP contribution in [0.4, 0.5) is 11.4 Å². The van der Waals surface area contributed by atoms with Crippen LogP contribution >= 0.6 is 0 Å². The Morgan fingerprint density at radius 3 is 2.70 bits per heavy atom. The minimum atomic E-state index is -3.80. The number of amides is 1. The number of carbonyl (C=O) groups is 1. The summed E-state index contributed by atoms with van der Waals surface area (Å²) in [6.45, 7) is 1.13. The predicted molar refractivity (Wildman–Crippen MR) is 99.1 cm³/mol. The van der Waals surface area contributed by atoms with E-state index in [1.54, 1.807) is 35.2 Å². The minimum absolute atomic E-state index is 0.00459. The van der Waals surface area contributed by atoms with Crippen LogP contribution in [0.5, 0.6) is 11.5 Å². The number of fused-ring (bicyclic) bond motifs is 1. The lowest BCUT2D eigenvalue weighted by Crippen LogP contribution is -2.43. The van der Waals surface area contributed by atoms with E-state index in [4.69, 9.17) is 9.47 Å². The Morgan fingerprint density at radius 2 is 1.81 bits per heavy atom. The molecule has 0 N–H and O–H groups in total. The van der Waals surface area contributed by atoms with Crippen LogP contribution in [0.3, 0.4) is 0 Å². The van der Waals surface area contributed by atoms with Crippen molar-refractivity contribution in [1.82, 2.24) is 0 Å². The van der Waals surface area contributed by atoms with Crippen molar-refractivity contribution in [1.29, 1.82) is 0 Å². The smallest absolute Gasteiger partial charge is 0.265 e. The molecular weight excluding hydrogens is 368 g/mol. The molecule has 0 aliphatic carbocycles. The van der Waals surface area contributed by atoms with Gasteiger partial charge in [0.2, 0.25) is 0 Å². The molecule has 3 aliphatic heterocycles. The van der Waals surface area contributed by atoms with Crippen molar-refractivity contribution in [2.75, 3.05) is 35.5 Å². The Morgan fingerprint density at radius 1 is 0.963 bits per heavy atom. The molecule has 2 aromatic carbocycles. The van der Waals surface area contributed by atoms with Crippen LogP contribution in [-0.2, 0) is 21.2 Å². The van der Waals surface area contributed by atoms with Gasteiger partial charge in [-0.25, -0.2) is 8.42 Å². The monoisotopic (exact) mass is 386 g/mol. The number of anilines is 2. The number of hydrogen-bond acceptors (Lipinski definition) is 5. The number of para-hydroxylation sites is 2. The van der Waals surface area contributed by atoms with Gasteiger partial charge in [-0.3, -0.25) is 9.10 Å². The van der Waals surface area contributed by atoms with Crippen LogP contribution in [-0.4, -0.2) is 40.6 Å². The highest BCUT2D eigenvalue weighted by Crippen LogP contribution is 2.44. The van der Waals surface area contributed by atoms with Gasteiger partial charge < -0.3 is 14.4 Å². The molecule has 0 atom stereocenters. The maximum Gasteiger partial charge on any atom is 0.265 e. The van der Waals surface area contributed by atoms with E-state index in [1.807, 2.05) is 6.07 Å². The molecule has 0 unspecified atom stereocenters. The van der Waals surface area contributed by atoms with Crippen molar-refractivity contribution in [3.63, 3.8) is 0 Å². The van der Waals surface area contributed by atoms with E-state index in [-0.39, 0.29) is 24.0 Å². The lowest BCUT2D eigenvalue weighted by molar-refractivity contribution is -0.121. The number of benzene rings is 2. The van der Waals surface area contributed by atoms with Crippen molar-refractivity contribution in [2.24, 2.45) is 0 Å². The van der Waals surface area contributed by atoms with Crippen molar-refractivity contribution >= 4 is 27.3 Å². The van der Waals surface area contributed by atoms with Crippen LogP contribution in [0.2, 0.25) is 0 Å². The Labute approximate surface area is 157 Å². The first kappa shape index (κ1) is 16.4. The standard InChI is InChI=1S/C19H18N2O5S/c22-18-12-26-16-7-8-17(13-4-3-9-20(18)19(13)16)27(23,24)21-10-11-25-15-6-2-1-5-14(15)21/h1-2,5-8H,3-4,9-12H2. The second-order valence-corrected chi connectivity index (χ2v) is 8.55. The summed E-state index contributed by atoms with van der Waals surface area (Å²) in [4.78, 5) is 14.1. The number of rotatable bonds is 2. The van der Waals surface area contributed by atoms with E-state index >= 15 is 0 Å². The van der Waals surface area contributed by atoms with Gasteiger partial charge in [0.15, 0.2) is 6.61 Å². The molecule has 0 spiro atoms. The van der Waals surface area contributed by atoms with E-state index < -0.39 is 10.0 Å². The third kappa shape index (κ3) is 2.39. The Hall–Kier alpha value is -2.74. The summed E-state index contributed by atoms with van der Waals surface area (Å²) < 4.78 is 39.6. The fourth-order valence-corrected chi connectivity index (χ4v) is 5.71. The molecule has 0 fully saturated rings. The summed E-state index contributed by atoms with van der Waals surface area (Å²) >= 11 is 0. The third-order valence-electron chi connectivity index (χ3n) is 5.19. The Bertz CT molecular complexity index is 1050. The fourth-order valence-electron chi connectivity index (χ4n) is 4.00. The minimum Gasteiger partial charge on any atom is -0.489 e. The number of ether oxygens (including phenoxy) is 2. The summed E-state index contributed by atoms with van der Waals surface area (Å²) in [6, 6.07) is 10.4. The van der Waals surface area contributed by atoms with E-state index in [0.29, 0.717) is 48.0 Å². The molecule has 140 valence electrons. The molecule has 27 heavy (non-hydrogen) atoms. The topological polar surface area (TPSA) is 76.2 Å². The lowest BCUT2D eigenvalue weighted by atomic mass is 10.00. The van der Waals surface area contributed by atoms with Gasteiger partial charge in [0, 0.05) is 12.1 Å². The summed E-state index contributed by atoms with van der Waals surface area (Å²) in [6.07, 6.45) is 1.32. The van der Waals surface area contributed by atoms with Crippen LogP contribution in [0, 0.1) is 0 Å². The summed E-state index contributed by atoms with van der Waals surface area (Å²) in [5.74, 6) is 0.999. The second kappa shape index (κ2) is 5.88. The molecule has 2 aromatic rings. The van der Waals surface area contributed by atoms with Crippen molar-refractivity contribution in [3.8, 4) is 11.5 Å². The van der Waals surface area contributed by atoms with Crippen molar-refractivity contribution < 1.29 is 22.7 Å². The van der Waals surface area contributed by atoms with E-state index in [1.165, 1.54) is 4.31 Å². The van der Waals surface area contributed by atoms with Gasteiger partial charge in [-0.05, 0) is 37.1 Å². The third-order valence-corrected chi connectivity index (χ3v) is 7.09. The molecule has 3 heterocycles. The number of hydrogen-bond donors (Lipinski definition) is 0. The zero-order valence-electron chi connectivity index (χ0n) is 14.6. The maximum atomic E-state index is 13.6. The largest absolute Gasteiger partial charge is 0.489 e. The number of sulfonamides is 1. The van der Waals surface area contributed by atoms with Gasteiger partial charge in [-0.15, -0.1) is 0 Å². The van der Waals surface area contributed by atoms with Gasteiger partial charge in [0.05, 0.1) is 22.8 Å². The fraction of sp³-hybridized carbons (Fsp3) is 0.316. The molecule has 0 aromatic heterocycles. The molecule has 0 saturated heterocycles. The normalized spacial score (nSPS) is 18.3. The maximum absolute atomic E-state index is 13.6. The van der Waals surface area contributed by atoms with E-state index in [9.17, 15) is 13.2 Å². The molecule has 1 amide bonds. The van der Waals surface area contributed by atoms with Crippen LogP contribution in [0.25, 0.3) is 0 Å². The summed E-state index contributed by atoms with van der Waals surface area (Å²) in [5.41, 5.74) is 1.81. The average Bonchev–Trinajstić information content (AvgIpc) is 2.70. The molecule has 0 saturated carbocycles. The van der Waals surface area contributed by atoms with Gasteiger partial charge in [0.1, 0.15) is 18.1 Å². The average molecular weight is 386 g/mol. The predicted octanol–water partition coefficient (Wildman–Crippen LogP) is 1.95. The number of nitrogens with zero attached hydrogens (tertiary/aromatic N) is 2. The van der Waals surface area contributed by atoms with E-state index in [2.05, 4.69) is 0 Å². The van der Waals surface area contributed by atoms with E-state index in [0.717, 1.165) is 6.42 Å². The molecule has 0 radical (unpaired) electrons. The molecule has 7 nitrogen and oxygen atoms in total. The lowest BCUT2D eigenvalue weighted by Gasteiger charge is -2.37.